The average Bonchev–Trinajstić information content (AvgIpc) is 2.29. The Morgan fingerprint density at radius 1 is 1.60 bits per heavy atom. The normalized spacial score (nSPS) is 12.5. The molecule has 3 nitrogen and oxygen atoms in total. The van der Waals surface area contributed by atoms with Gasteiger partial charge in [-0.3, -0.25) is 0 Å². The van der Waals surface area contributed by atoms with Crippen molar-refractivity contribution in [3.8, 4) is 5.88 Å². The third kappa shape index (κ3) is 4.10. The molecule has 0 fully saturated rings. The topological polar surface area (TPSA) is 42.4 Å². The van der Waals surface area contributed by atoms with E-state index in [0.29, 0.717) is 11.8 Å². The van der Waals surface area contributed by atoms with E-state index in [9.17, 15) is 0 Å². The van der Waals surface area contributed by atoms with Crippen molar-refractivity contribution < 1.29 is 9.84 Å². The maximum absolute atomic E-state index is 8.88. The van der Waals surface area contributed by atoms with Crippen molar-refractivity contribution in [3.63, 3.8) is 0 Å². The molecular formula is C11H17NO2S. The number of thioether (sulfide) groups is 1. The summed E-state index contributed by atoms with van der Waals surface area (Å²) in [6, 6.07) is 3.93. The van der Waals surface area contributed by atoms with Crippen LogP contribution in [0.25, 0.3) is 0 Å². The predicted octanol–water partition coefficient (Wildman–Crippen LogP) is 1.95. The van der Waals surface area contributed by atoms with Crippen molar-refractivity contribution in [2.45, 2.75) is 12.7 Å². The number of aliphatic hydroxyl groups excluding tert-OH is 1. The number of hydrogen-bond donors (Lipinski definition) is 1. The molecule has 1 rings (SSSR count). The summed E-state index contributed by atoms with van der Waals surface area (Å²) in [5.41, 5.74) is 1.11. The molecule has 1 atom stereocenters. The minimum atomic E-state index is 0.247. The van der Waals surface area contributed by atoms with Gasteiger partial charge < -0.3 is 9.84 Å². The molecule has 15 heavy (non-hydrogen) atoms. The van der Waals surface area contributed by atoms with Gasteiger partial charge in [0.25, 0.3) is 0 Å². The van der Waals surface area contributed by atoms with Gasteiger partial charge in [-0.15, -0.1) is 0 Å². The fourth-order valence-electron chi connectivity index (χ4n) is 1.14. The zero-order valence-corrected chi connectivity index (χ0v) is 9.96. The molecule has 1 unspecified atom stereocenters. The lowest BCUT2D eigenvalue weighted by Crippen LogP contribution is -2.03. The molecule has 0 aliphatic carbocycles. The largest absolute Gasteiger partial charge is 0.481 e. The Morgan fingerprint density at radius 2 is 2.40 bits per heavy atom. The number of pyridine rings is 1. The molecule has 0 aromatic carbocycles. The maximum atomic E-state index is 8.88. The Morgan fingerprint density at radius 3 is 3.07 bits per heavy atom. The van der Waals surface area contributed by atoms with Gasteiger partial charge in [0.2, 0.25) is 5.88 Å². The van der Waals surface area contributed by atoms with Crippen LogP contribution in [0.4, 0.5) is 0 Å². The molecule has 0 saturated carbocycles. The van der Waals surface area contributed by atoms with Crippen LogP contribution in [0.5, 0.6) is 5.88 Å². The summed E-state index contributed by atoms with van der Waals surface area (Å²) in [7, 11) is 1.63. The quantitative estimate of drug-likeness (QED) is 0.806. The highest BCUT2D eigenvalue weighted by atomic mass is 32.2. The number of ether oxygens (including phenoxy) is 1. The molecule has 0 saturated heterocycles. The first-order valence-corrected chi connectivity index (χ1v) is 6.10. The van der Waals surface area contributed by atoms with E-state index < -0.39 is 0 Å². The van der Waals surface area contributed by atoms with Gasteiger partial charge in [0.05, 0.1) is 7.11 Å². The van der Waals surface area contributed by atoms with Crippen LogP contribution in [0.2, 0.25) is 0 Å². The second-order valence-corrected chi connectivity index (χ2v) is 4.50. The van der Waals surface area contributed by atoms with E-state index in [-0.39, 0.29) is 6.61 Å². The molecule has 0 bridgehead atoms. The van der Waals surface area contributed by atoms with Gasteiger partial charge in [0, 0.05) is 24.1 Å². The first kappa shape index (κ1) is 12.3. The van der Waals surface area contributed by atoms with E-state index in [0.717, 1.165) is 17.1 Å². The second kappa shape index (κ2) is 6.69. The van der Waals surface area contributed by atoms with Gasteiger partial charge in [0.1, 0.15) is 0 Å². The SMILES string of the molecule is COc1ncccc1CSCC(C)CO. The van der Waals surface area contributed by atoms with E-state index in [1.165, 1.54) is 0 Å². The van der Waals surface area contributed by atoms with Gasteiger partial charge in [-0.1, -0.05) is 13.0 Å². The molecule has 0 radical (unpaired) electrons. The minimum absolute atomic E-state index is 0.247. The van der Waals surface area contributed by atoms with E-state index in [1.807, 2.05) is 19.1 Å². The number of aliphatic hydroxyl groups is 1. The molecule has 1 N–H and O–H groups in total. The van der Waals surface area contributed by atoms with Crippen LogP contribution in [0.3, 0.4) is 0 Å². The van der Waals surface area contributed by atoms with Crippen LogP contribution in [-0.4, -0.2) is 29.6 Å². The lowest BCUT2D eigenvalue weighted by Gasteiger charge is -2.09. The molecule has 0 amide bonds. The zero-order chi connectivity index (χ0) is 11.1. The zero-order valence-electron chi connectivity index (χ0n) is 9.14. The smallest absolute Gasteiger partial charge is 0.217 e. The van der Waals surface area contributed by atoms with Crippen LogP contribution in [0, 0.1) is 5.92 Å². The van der Waals surface area contributed by atoms with E-state index in [4.69, 9.17) is 9.84 Å². The summed E-state index contributed by atoms with van der Waals surface area (Å²) in [5.74, 6) is 2.87. The summed E-state index contributed by atoms with van der Waals surface area (Å²) in [5, 5.41) is 8.88. The van der Waals surface area contributed by atoms with Gasteiger partial charge in [-0.05, 0) is 17.7 Å². The van der Waals surface area contributed by atoms with Gasteiger partial charge in [0.15, 0.2) is 0 Å². The first-order valence-electron chi connectivity index (χ1n) is 4.94. The Balaban J connectivity index is 2.43. The van der Waals surface area contributed by atoms with Crippen molar-refractivity contribution >= 4 is 11.8 Å². The van der Waals surface area contributed by atoms with E-state index >= 15 is 0 Å². The Hall–Kier alpha value is -0.740. The monoisotopic (exact) mass is 227 g/mol. The standard InChI is InChI=1S/C11H17NO2S/c1-9(6-13)7-15-8-10-4-3-5-12-11(10)14-2/h3-5,9,13H,6-8H2,1-2H3. The Kier molecular flexibility index (Phi) is 5.50. The van der Waals surface area contributed by atoms with Crippen molar-refractivity contribution in [2.75, 3.05) is 19.5 Å². The first-order chi connectivity index (χ1) is 7.27. The summed E-state index contributed by atoms with van der Waals surface area (Å²) in [6.45, 7) is 2.28. The van der Waals surface area contributed by atoms with Gasteiger partial charge in [-0.2, -0.15) is 11.8 Å². The summed E-state index contributed by atoms with van der Waals surface area (Å²) < 4.78 is 5.16. The Bertz CT molecular complexity index is 294. The van der Waals surface area contributed by atoms with Crippen molar-refractivity contribution in [2.24, 2.45) is 5.92 Å². The highest BCUT2D eigenvalue weighted by molar-refractivity contribution is 7.98. The predicted molar refractivity (Wildman–Crippen MR) is 63.2 cm³/mol. The third-order valence-corrected chi connectivity index (χ3v) is 3.33. The van der Waals surface area contributed by atoms with Crippen LogP contribution >= 0.6 is 11.8 Å². The third-order valence-electron chi connectivity index (χ3n) is 2.01. The fourth-order valence-corrected chi connectivity index (χ4v) is 2.21. The molecule has 0 spiro atoms. The summed E-state index contributed by atoms with van der Waals surface area (Å²) >= 11 is 1.79. The maximum Gasteiger partial charge on any atom is 0.217 e. The van der Waals surface area contributed by atoms with Crippen LogP contribution in [-0.2, 0) is 5.75 Å². The van der Waals surface area contributed by atoms with Crippen LogP contribution in [0.15, 0.2) is 18.3 Å². The summed E-state index contributed by atoms with van der Waals surface area (Å²) in [4.78, 5) is 4.13. The average molecular weight is 227 g/mol. The molecular weight excluding hydrogens is 210 g/mol. The number of nitrogens with zero attached hydrogens (tertiary/aromatic N) is 1. The molecule has 1 heterocycles. The van der Waals surface area contributed by atoms with Crippen molar-refractivity contribution in [3.05, 3.63) is 23.9 Å². The Labute approximate surface area is 94.9 Å². The van der Waals surface area contributed by atoms with Crippen molar-refractivity contribution in [1.29, 1.82) is 0 Å². The van der Waals surface area contributed by atoms with E-state index in [2.05, 4.69) is 4.98 Å². The molecule has 0 aliphatic heterocycles. The molecule has 84 valence electrons. The lowest BCUT2D eigenvalue weighted by atomic mass is 10.2. The van der Waals surface area contributed by atoms with Gasteiger partial charge >= 0.3 is 0 Å². The second-order valence-electron chi connectivity index (χ2n) is 3.47. The lowest BCUT2D eigenvalue weighted by molar-refractivity contribution is 0.250. The molecule has 0 aliphatic rings. The summed E-state index contributed by atoms with van der Waals surface area (Å²) in [6.07, 6.45) is 1.73. The number of rotatable bonds is 6. The number of aromatic nitrogens is 1. The highest BCUT2D eigenvalue weighted by Crippen LogP contribution is 2.21. The van der Waals surface area contributed by atoms with E-state index in [1.54, 1.807) is 25.1 Å². The van der Waals surface area contributed by atoms with Crippen molar-refractivity contribution in [1.82, 2.24) is 4.98 Å². The van der Waals surface area contributed by atoms with Crippen LogP contribution in [0.1, 0.15) is 12.5 Å². The minimum Gasteiger partial charge on any atom is -0.481 e. The molecule has 4 heteroatoms. The fraction of sp³-hybridized carbons (Fsp3) is 0.545. The number of methoxy groups -OCH3 is 1. The van der Waals surface area contributed by atoms with Crippen LogP contribution < -0.4 is 4.74 Å². The highest BCUT2D eigenvalue weighted by Gasteiger charge is 2.05. The number of hydrogen-bond acceptors (Lipinski definition) is 4. The molecule has 1 aromatic heterocycles. The van der Waals surface area contributed by atoms with Gasteiger partial charge in [-0.25, -0.2) is 4.98 Å². The molecule has 1 aromatic rings.